The average molecular weight is 521 g/mol. The number of anilines is 2. The summed E-state index contributed by atoms with van der Waals surface area (Å²) in [4.78, 5) is 16.2. The molecule has 13 heteroatoms. The summed E-state index contributed by atoms with van der Waals surface area (Å²) >= 11 is 1.26. The Hall–Kier alpha value is -3.62. The van der Waals surface area contributed by atoms with Crippen molar-refractivity contribution in [3.05, 3.63) is 52.0 Å². The Morgan fingerprint density at radius 2 is 1.75 bits per heavy atom. The summed E-state index contributed by atoms with van der Waals surface area (Å²) in [6.45, 7) is 1.36. The van der Waals surface area contributed by atoms with E-state index in [-0.39, 0.29) is 30.0 Å². The Morgan fingerprint density at radius 1 is 1.11 bits per heavy atom. The molecule has 2 aromatic carbocycles. The van der Waals surface area contributed by atoms with Crippen molar-refractivity contribution in [1.82, 2.24) is 10.3 Å². The van der Waals surface area contributed by atoms with E-state index in [0.29, 0.717) is 22.9 Å². The Labute approximate surface area is 210 Å². The average Bonchev–Trinajstić information content (AvgIpc) is 3.24. The molecule has 0 radical (unpaired) electrons. The van der Waals surface area contributed by atoms with Crippen LogP contribution >= 0.6 is 11.3 Å². The molecule has 1 amide bonds. The summed E-state index contributed by atoms with van der Waals surface area (Å²) in [6.07, 6.45) is -1.19. The lowest BCUT2D eigenvalue weighted by Gasteiger charge is -2.32. The number of nitrogens with one attached hydrogen (secondary N) is 2. The van der Waals surface area contributed by atoms with Crippen molar-refractivity contribution in [2.45, 2.75) is 31.8 Å². The number of hydrogen-bond acceptors (Lipinski definition) is 12. The Morgan fingerprint density at radius 3 is 2.33 bits per heavy atom. The normalized spacial score (nSPS) is 12.4. The molecule has 10 N–H and O–H groups in total. The number of nitrogen functional groups attached to an aromatic ring is 1. The number of ether oxygens (including phenoxy) is 1. The van der Waals surface area contributed by atoms with Gasteiger partial charge in [-0.05, 0) is 31.0 Å². The van der Waals surface area contributed by atoms with Crippen LogP contribution in [0.1, 0.15) is 28.5 Å². The molecule has 0 fully saturated rings. The van der Waals surface area contributed by atoms with Crippen LogP contribution in [0.2, 0.25) is 0 Å². The summed E-state index contributed by atoms with van der Waals surface area (Å²) in [7, 11) is 1.14. The van der Waals surface area contributed by atoms with E-state index in [1.165, 1.54) is 18.3 Å². The van der Waals surface area contributed by atoms with Crippen LogP contribution in [0, 0.1) is 6.92 Å². The quantitative estimate of drug-likeness (QED) is 0.105. The number of carbonyl (C=O) groups excluding carboxylic acids is 1. The molecule has 0 aliphatic rings. The maximum atomic E-state index is 12.1. The largest absolute Gasteiger partial charge is 0.504 e. The van der Waals surface area contributed by atoms with Gasteiger partial charge >= 0.3 is 0 Å². The van der Waals surface area contributed by atoms with E-state index in [0.717, 1.165) is 12.7 Å². The number of carbonyl (C=O) groups is 1. The van der Waals surface area contributed by atoms with Crippen LogP contribution in [-0.2, 0) is 22.4 Å². The highest BCUT2D eigenvalue weighted by Crippen LogP contribution is 2.50. The summed E-state index contributed by atoms with van der Waals surface area (Å²) in [6, 6.07) is 6.92. The summed E-state index contributed by atoms with van der Waals surface area (Å²) in [5.74, 6) is -6.52. The van der Waals surface area contributed by atoms with Crippen LogP contribution < -0.4 is 16.4 Å². The number of amides is 1. The summed E-state index contributed by atoms with van der Waals surface area (Å²) < 4.78 is 5.13. The molecule has 1 atom stereocenters. The highest BCUT2D eigenvalue weighted by atomic mass is 32.1. The van der Waals surface area contributed by atoms with E-state index in [1.807, 2.05) is 0 Å². The third-order valence-electron chi connectivity index (χ3n) is 5.50. The molecule has 12 nitrogen and oxygen atoms in total. The predicted molar refractivity (Wildman–Crippen MR) is 132 cm³/mol. The molecule has 194 valence electrons. The van der Waals surface area contributed by atoms with Gasteiger partial charge in [-0.3, -0.25) is 10.1 Å². The van der Waals surface area contributed by atoms with Crippen LogP contribution in [0.3, 0.4) is 0 Å². The number of methoxy groups -OCH3 is 1. The van der Waals surface area contributed by atoms with E-state index < -0.39 is 35.0 Å². The molecule has 0 aliphatic heterocycles. The molecular weight excluding hydrogens is 492 g/mol. The lowest BCUT2D eigenvalue weighted by atomic mass is 9.97. The number of thiazole rings is 1. The minimum absolute atomic E-state index is 0.0552. The van der Waals surface area contributed by atoms with Gasteiger partial charge in [-0.1, -0.05) is 12.1 Å². The third-order valence-corrected chi connectivity index (χ3v) is 6.22. The third kappa shape index (κ3) is 5.95. The molecule has 1 aromatic heterocycles. The number of rotatable bonds is 10. The number of phenols is 4. The lowest BCUT2D eigenvalue weighted by Crippen LogP contribution is -2.51. The minimum atomic E-state index is -2.72. The second-order valence-electron chi connectivity index (χ2n) is 8.05. The fraction of sp³-hybridized carbons (Fsp3) is 0.304. The molecule has 0 saturated carbocycles. The Bertz CT molecular complexity index is 1200. The molecule has 36 heavy (non-hydrogen) atoms. The van der Waals surface area contributed by atoms with Gasteiger partial charge in [0.1, 0.15) is 0 Å². The van der Waals surface area contributed by atoms with Crippen molar-refractivity contribution in [3.8, 4) is 23.0 Å². The van der Waals surface area contributed by atoms with Crippen LogP contribution in [0.25, 0.3) is 0 Å². The first kappa shape index (κ1) is 27.0. The van der Waals surface area contributed by atoms with Gasteiger partial charge in [0.05, 0.1) is 12.1 Å². The fourth-order valence-corrected chi connectivity index (χ4v) is 4.21. The van der Waals surface area contributed by atoms with Gasteiger partial charge in [-0.15, -0.1) is 11.3 Å². The number of aromatic nitrogens is 1. The topological polar surface area (TPSA) is 211 Å². The number of aliphatic hydroxyl groups is 2. The number of phenolic OH excluding ortho intramolecular Hbond substituents is 4. The monoisotopic (exact) mass is 520 g/mol. The van der Waals surface area contributed by atoms with Gasteiger partial charge < -0.3 is 46.4 Å². The van der Waals surface area contributed by atoms with Crippen LogP contribution in [0.5, 0.6) is 23.0 Å². The smallest absolute Gasteiger partial charge is 0.254 e. The molecule has 0 saturated heterocycles. The van der Waals surface area contributed by atoms with Gasteiger partial charge in [-0.25, -0.2) is 4.98 Å². The number of nitrogens with two attached hydrogens (primary N) is 1. The Kier molecular flexibility index (Phi) is 8.22. The maximum Gasteiger partial charge on any atom is 0.254 e. The highest BCUT2D eigenvalue weighted by molar-refractivity contribution is 7.13. The standard InChI is InChI=1S/C23H28N4O8S/c1-11-16(18(30)20(32)19(31)17(11)29)21(35-2)23(33,34)25-8-7-12-3-5-13(6-4-12)26-15(28)9-14-10-36-22(24)27-14/h3-6,10,21,25,29-34H,7-9H2,1-2H3,(H2,24,27)(H,26,28). The zero-order valence-corrected chi connectivity index (χ0v) is 20.3. The van der Waals surface area contributed by atoms with Crippen molar-refractivity contribution in [2.24, 2.45) is 0 Å². The Balaban J connectivity index is 1.60. The van der Waals surface area contributed by atoms with Gasteiger partial charge in [0.15, 0.2) is 22.7 Å². The first-order chi connectivity index (χ1) is 16.9. The van der Waals surface area contributed by atoms with Gasteiger partial charge in [0.2, 0.25) is 17.4 Å². The van der Waals surface area contributed by atoms with Crippen molar-refractivity contribution in [2.75, 3.05) is 24.7 Å². The first-order valence-electron chi connectivity index (χ1n) is 10.7. The van der Waals surface area contributed by atoms with Crippen molar-refractivity contribution in [1.29, 1.82) is 0 Å². The molecule has 0 spiro atoms. The predicted octanol–water partition coefficient (Wildman–Crippen LogP) is 1.20. The van der Waals surface area contributed by atoms with Gasteiger partial charge in [0.25, 0.3) is 5.91 Å². The van der Waals surface area contributed by atoms with Gasteiger partial charge in [-0.2, -0.15) is 0 Å². The van der Waals surface area contributed by atoms with E-state index in [9.17, 15) is 35.4 Å². The number of benzene rings is 2. The SMILES string of the molecule is COC(c1c(C)c(O)c(O)c(O)c1O)C(O)(O)NCCc1ccc(NC(=O)Cc2csc(N)n2)cc1. The minimum Gasteiger partial charge on any atom is -0.504 e. The highest BCUT2D eigenvalue weighted by Gasteiger charge is 2.40. The zero-order valence-electron chi connectivity index (χ0n) is 19.5. The van der Waals surface area contributed by atoms with Crippen LogP contribution in [0.4, 0.5) is 10.8 Å². The van der Waals surface area contributed by atoms with E-state index in [4.69, 9.17) is 10.5 Å². The lowest BCUT2D eigenvalue weighted by molar-refractivity contribution is -0.255. The molecule has 1 unspecified atom stereocenters. The van der Waals surface area contributed by atoms with E-state index in [2.05, 4.69) is 15.6 Å². The number of aromatic hydroxyl groups is 4. The maximum absolute atomic E-state index is 12.1. The second kappa shape index (κ2) is 11.0. The molecule has 1 heterocycles. The van der Waals surface area contributed by atoms with E-state index >= 15 is 0 Å². The summed E-state index contributed by atoms with van der Waals surface area (Å²) in [5.41, 5.74) is 7.12. The number of nitrogens with zero attached hydrogens (tertiary/aromatic N) is 1. The molecule has 3 aromatic rings. The molecule has 0 aliphatic carbocycles. The van der Waals surface area contributed by atoms with Crippen molar-refractivity contribution >= 4 is 28.1 Å². The summed E-state index contributed by atoms with van der Waals surface area (Å²) in [5, 5.41) is 68.3. The molecule has 0 bridgehead atoms. The zero-order chi connectivity index (χ0) is 26.6. The van der Waals surface area contributed by atoms with Crippen LogP contribution in [0.15, 0.2) is 29.6 Å². The van der Waals surface area contributed by atoms with Gasteiger partial charge in [0, 0.05) is 35.8 Å². The fourth-order valence-electron chi connectivity index (χ4n) is 3.65. The molecule has 3 rings (SSSR count). The first-order valence-corrected chi connectivity index (χ1v) is 11.6. The van der Waals surface area contributed by atoms with Crippen molar-refractivity contribution < 1.29 is 40.2 Å². The van der Waals surface area contributed by atoms with Crippen LogP contribution in [-0.4, -0.2) is 61.1 Å². The van der Waals surface area contributed by atoms with E-state index in [1.54, 1.807) is 29.6 Å². The van der Waals surface area contributed by atoms with Crippen molar-refractivity contribution in [3.63, 3.8) is 0 Å². The molecular formula is C23H28N4O8S. The number of hydrogen-bond donors (Lipinski definition) is 9. The second-order valence-corrected chi connectivity index (χ2v) is 8.94.